The van der Waals surface area contributed by atoms with Gasteiger partial charge < -0.3 is 42.4 Å². The fourth-order valence-corrected chi connectivity index (χ4v) is 5.19. The SMILES string of the molecule is NC(CCC(=O)N1C[C@H](N)C[C@H](N)C1)C(=O)NC(CCc1ccc(C(F)(F)F)cc1)C(=O)Nc1ccc2c(c1)B(O)OC2. The summed E-state index contributed by atoms with van der Waals surface area (Å²) in [6.07, 6.45) is -3.64. The van der Waals surface area contributed by atoms with Crippen LogP contribution in [-0.2, 0) is 38.2 Å². The summed E-state index contributed by atoms with van der Waals surface area (Å²) in [5, 5.41) is 15.3. The fraction of sp³-hybridized carbons (Fsp3) is 0.464. The molecule has 0 aliphatic carbocycles. The second-order valence-corrected chi connectivity index (χ2v) is 11.1. The van der Waals surface area contributed by atoms with E-state index in [2.05, 4.69) is 10.6 Å². The third-order valence-corrected chi connectivity index (χ3v) is 7.59. The number of benzene rings is 2. The summed E-state index contributed by atoms with van der Waals surface area (Å²) in [5.74, 6) is -1.48. The Hall–Kier alpha value is -3.50. The van der Waals surface area contributed by atoms with Gasteiger partial charge in [0.15, 0.2) is 0 Å². The molecule has 232 valence electrons. The summed E-state index contributed by atoms with van der Waals surface area (Å²) in [5.41, 5.74) is 19.4. The van der Waals surface area contributed by atoms with E-state index in [0.717, 1.165) is 17.7 Å². The van der Waals surface area contributed by atoms with Crippen LogP contribution in [-0.4, -0.2) is 72.0 Å². The van der Waals surface area contributed by atoms with E-state index in [-0.39, 0.29) is 50.3 Å². The van der Waals surface area contributed by atoms with Crippen LogP contribution in [0.5, 0.6) is 0 Å². The van der Waals surface area contributed by atoms with Crippen LogP contribution in [0, 0.1) is 0 Å². The maximum Gasteiger partial charge on any atom is 0.491 e. The van der Waals surface area contributed by atoms with E-state index in [1.54, 1.807) is 23.1 Å². The summed E-state index contributed by atoms with van der Waals surface area (Å²) >= 11 is 0. The summed E-state index contributed by atoms with van der Waals surface area (Å²) < 4.78 is 44.0. The van der Waals surface area contributed by atoms with Crippen LogP contribution in [0.2, 0.25) is 0 Å². The molecule has 4 rings (SSSR count). The molecular weight excluding hydrogens is 568 g/mol. The van der Waals surface area contributed by atoms with Crippen molar-refractivity contribution in [3.63, 3.8) is 0 Å². The van der Waals surface area contributed by atoms with Crippen LogP contribution in [0.15, 0.2) is 42.5 Å². The molecule has 0 bridgehead atoms. The molecular formula is C28H36BF3N6O5. The smallest absolute Gasteiger partial charge is 0.423 e. The first-order valence-corrected chi connectivity index (χ1v) is 14.0. The number of nitrogens with two attached hydrogens (primary N) is 3. The first kappa shape index (κ1) is 32.4. The van der Waals surface area contributed by atoms with Gasteiger partial charge in [-0.15, -0.1) is 0 Å². The number of amides is 3. The highest BCUT2D eigenvalue weighted by Crippen LogP contribution is 2.29. The molecule has 0 radical (unpaired) electrons. The molecule has 0 aromatic heterocycles. The van der Waals surface area contributed by atoms with Crippen molar-refractivity contribution < 1.29 is 37.2 Å². The predicted octanol–water partition coefficient (Wildman–Crippen LogP) is -0.0264. The number of carbonyl (C=O) groups is 3. The van der Waals surface area contributed by atoms with Crippen molar-refractivity contribution in [2.24, 2.45) is 17.2 Å². The number of nitrogens with zero attached hydrogens (tertiary/aromatic N) is 1. The molecule has 43 heavy (non-hydrogen) atoms. The van der Waals surface area contributed by atoms with Gasteiger partial charge in [-0.05, 0) is 66.5 Å². The number of halogens is 3. The van der Waals surface area contributed by atoms with Gasteiger partial charge in [0, 0.05) is 37.3 Å². The quantitative estimate of drug-likeness (QED) is 0.204. The maximum atomic E-state index is 13.3. The molecule has 2 heterocycles. The highest BCUT2D eigenvalue weighted by molar-refractivity contribution is 6.61. The zero-order valence-corrected chi connectivity index (χ0v) is 23.5. The molecule has 2 unspecified atom stereocenters. The van der Waals surface area contributed by atoms with E-state index < -0.39 is 42.8 Å². The van der Waals surface area contributed by atoms with E-state index in [9.17, 15) is 32.6 Å². The molecule has 0 saturated carbocycles. The topological polar surface area (TPSA) is 186 Å². The molecule has 15 heteroatoms. The average Bonchev–Trinajstić information content (AvgIpc) is 3.32. The first-order valence-electron chi connectivity index (χ1n) is 14.0. The normalized spacial score (nSPS) is 19.9. The van der Waals surface area contributed by atoms with Crippen LogP contribution in [0.25, 0.3) is 0 Å². The van der Waals surface area contributed by atoms with E-state index in [0.29, 0.717) is 36.2 Å². The van der Waals surface area contributed by atoms with Gasteiger partial charge in [0.25, 0.3) is 0 Å². The number of piperidine rings is 1. The third-order valence-electron chi connectivity index (χ3n) is 7.59. The zero-order chi connectivity index (χ0) is 31.3. The van der Waals surface area contributed by atoms with E-state index in [4.69, 9.17) is 21.9 Å². The van der Waals surface area contributed by atoms with Gasteiger partial charge in [-0.2, -0.15) is 13.2 Å². The number of hydrogen-bond donors (Lipinski definition) is 6. The lowest BCUT2D eigenvalue weighted by atomic mass is 9.79. The van der Waals surface area contributed by atoms with Crippen LogP contribution < -0.4 is 33.3 Å². The minimum Gasteiger partial charge on any atom is -0.423 e. The Morgan fingerprint density at radius 1 is 1.05 bits per heavy atom. The molecule has 4 atom stereocenters. The largest absolute Gasteiger partial charge is 0.491 e. The van der Waals surface area contributed by atoms with Crippen molar-refractivity contribution >= 4 is 36.0 Å². The number of anilines is 1. The maximum absolute atomic E-state index is 13.3. The average molecular weight is 604 g/mol. The summed E-state index contributed by atoms with van der Waals surface area (Å²) in [7, 11) is -1.13. The molecule has 0 spiro atoms. The molecule has 9 N–H and O–H groups in total. The molecule has 3 amide bonds. The number of hydrogen-bond acceptors (Lipinski definition) is 8. The molecule has 2 aromatic rings. The lowest BCUT2D eigenvalue weighted by Crippen LogP contribution is -2.54. The van der Waals surface area contributed by atoms with Gasteiger partial charge in [0.2, 0.25) is 17.7 Å². The summed E-state index contributed by atoms with van der Waals surface area (Å²) in [6, 6.07) is 6.77. The highest BCUT2D eigenvalue weighted by atomic mass is 19.4. The number of aryl methyl sites for hydroxylation is 1. The zero-order valence-electron chi connectivity index (χ0n) is 23.5. The second kappa shape index (κ2) is 13.9. The molecule has 2 aliphatic rings. The second-order valence-electron chi connectivity index (χ2n) is 11.1. The highest BCUT2D eigenvalue weighted by Gasteiger charge is 2.31. The van der Waals surface area contributed by atoms with Gasteiger partial charge in [0.05, 0.1) is 18.2 Å². The Bertz CT molecular complexity index is 1300. The molecule has 2 aliphatic heterocycles. The molecule has 2 aromatic carbocycles. The van der Waals surface area contributed by atoms with Crippen molar-refractivity contribution in [1.29, 1.82) is 0 Å². The summed E-state index contributed by atoms with van der Waals surface area (Å²) in [6.45, 7) is 0.965. The third kappa shape index (κ3) is 8.77. The van der Waals surface area contributed by atoms with E-state index >= 15 is 0 Å². The van der Waals surface area contributed by atoms with Crippen LogP contribution in [0.1, 0.15) is 42.4 Å². The molecule has 1 fully saturated rings. The predicted molar refractivity (Wildman–Crippen MR) is 154 cm³/mol. The number of carbonyl (C=O) groups excluding carboxylic acids is 3. The van der Waals surface area contributed by atoms with Gasteiger partial charge in [-0.1, -0.05) is 18.2 Å². The van der Waals surface area contributed by atoms with Crippen molar-refractivity contribution in [3.05, 3.63) is 59.2 Å². The Morgan fingerprint density at radius 3 is 2.37 bits per heavy atom. The van der Waals surface area contributed by atoms with Crippen molar-refractivity contribution in [3.8, 4) is 0 Å². The number of alkyl halides is 3. The number of fused-ring (bicyclic) bond motifs is 1. The number of nitrogens with one attached hydrogen (secondary N) is 2. The van der Waals surface area contributed by atoms with Gasteiger partial charge >= 0.3 is 13.3 Å². The number of likely N-dealkylation sites (tertiary alicyclic amines) is 1. The van der Waals surface area contributed by atoms with Crippen LogP contribution in [0.4, 0.5) is 18.9 Å². The number of rotatable bonds is 10. The minimum atomic E-state index is -4.48. The Kier molecular flexibility index (Phi) is 10.5. The van der Waals surface area contributed by atoms with Crippen molar-refractivity contribution in [2.45, 2.75) is 69.1 Å². The Morgan fingerprint density at radius 2 is 1.72 bits per heavy atom. The van der Waals surface area contributed by atoms with Gasteiger partial charge in [-0.25, -0.2) is 0 Å². The van der Waals surface area contributed by atoms with Crippen molar-refractivity contribution in [1.82, 2.24) is 10.2 Å². The van der Waals surface area contributed by atoms with Gasteiger partial charge in [0.1, 0.15) is 6.04 Å². The molecule has 11 nitrogen and oxygen atoms in total. The van der Waals surface area contributed by atoms with E-state index in [1.165, 1.54) is 12.1 Å². The minimum absolute atomic E-state index is 0.0155. The standard InChI is InChI=1S/C28H36BF3N6O5/c30-28(31,32)18-5-1-16(2-6-18)3-9-24(27(41)36-21-7-4-17-15-43-29(42)22(17)12-21)37-26(40)23(35)8-10-25(39)38-13-19(33)11-20(34)14-38/h1-2,4-7,12,19-20,23-24,42H,3,8-11,13-15,33-35H2,(H,36,41)(H,37,40)/t19-,20+,23?,24?. The molecule has 1 saturated heterocycles. The van der Waals surface area contributed by atoms with Crippen molar-refractivity contribution in [2.75, 3.05) is 18.4 Å². The van der Waals surface area contributed by atoms with Crippen LogP contribution in [0.3, 0.4) is 0 Å². The Balaban J connectivity index is 1.40. The Labute approximate surface area is 247 Å². The first-order chi connectivity index (χ1) is 20.3. The fourth-order valence-electron chi connectivity index (χ4n) is 5.19. The monoisotopic (exact) mass is 604 g/mol. The van der Waals surface area contributed by atoms with E-state index in [1.807, 2.05) is 0 Å². The lowest BCUT2D eigenvalue weighted by molar-refractivity contribution is -0.137. The summed E-state index contributed by atoms with van der Waals surface area (Å²) in [4.78, 5) is 40.5. The lowest BCUT2D eigenvalue weighted by Gasteiger charge is -2.34. The van der Waals surface area contributed by atoms with Crippen LogP contribution >= 0.6 is 0 Å². The van der Waals surface area contributed by atoms with Gasteiger partial charge in [-0.3, -0.25) is 14.4 Å².